The van der Waals surface area contributed by atoms with Gasteiger partial charge in [0.05, 0.1) is 24.9 Å². The van der Waals surface area contributed by atoms with E-state index in [1.54, 1.807) is 20.3 Å². The van der Waals surface area contributed by atoms with Crippen LogP contribution in [0.15, 0.2) is 12.1 Å². The Kier molecular flexibility index (Phi) is 4.19. The highest BCUT2D eigenvalue weighted by atomic mass is 35.5. The highest BCUT2D eigenvalue weighted by Gasteiger charge is 2.21. The van der Waals surface area contributed by atoms with Crippen LogP contribution < -0.4 is 20.1 Å². The number of anilines is 1. The Bertz CT molecular complexity index is 426. The highest BCUT2D eigenvalue weighted by Crippen LogP contribution is 2.38. The Hall–Kier alpha value is -1.13. The first-order valence-corrected chi connectivity index (χ1v) is 6.45. The van der Waals surface area contributed by atoms with E-state index in [2.05, 4.69) is 4.90 Å². The summed E-state index contributed by atoms with van der Waals surface area (Å²) < 4.78 is 10.6. The highest BCUT2D eigenvalue weighted by molar-refractivity contribution is 6.32. The standard InChI is InChI=1S/C13H19ClN2O2/c1-17-12-7-11(13(18-2)6-10(12)14)16-5-3-4-9(15)8-16/h6-7,9H,3-5,8,15H2,1-2H3. The maximum atomic E-state index is 6.10. The lowest BCUT2D eigenvalue weighted by molar-refractivity contribution is 0.400. The van der Waals surface area contributed by atoms with Gasteiger partial charge < -0.3 is 20.1 Å². The molecule has 2 rings (SSSR count). The van der Waals surface area contributed by atoms with E-state index in [-0.39, 0.29) is 6.04 Å². The van der Waals surface area contributed by atoms with Crippen molar-refractivity contribution in [3.63, 3.8) is 0 Å². The number of nitrogens with zero attached hydrogens (tertiary/aromatic N) is 1. The molecule has 1 aliphatic heterocycles. The van der Waals surface area contributed by atoms with Crippen molar-refractivity contribution in [2.75, 3.05) is 32.2 Å². The lowest BCUT2D eigenvalue weighted by Gasteiger charge is -2.33. The van der Waals surface area contributed by atoms with Crippen molar-refractivity contribution in [3.05, 3.63) is 17.2 Å². The Labute approximate surface area is 113 Å². The van der Waals surface area contributed by atoms with Gasteiger partial charge in [-0.1, -0.05) is 11.6 Å². The summed E-state index contributed by atoms with van der Waals surface area (Å²) in [6, 6.07) is 3.92. The van der Waals surface area contributed by atoms with Crippen LogP contribution in [0.25, 0.3) is 0 Å². The van der Waals surface area contributed by atoms with Gasteiger partial charge in [-0.3, -0.25) is 0 Å². The largest absolute Gasteiger partial charge is 0.495 e. The second-order valence-corrected chi connectivity index (χ2v) is 4.91. The van der Waals surface area contributed by atoms with Crippen LogP contribution in [0.1, 0.15) is 12.8 Å². The number of hydrogen-bond donors (Lipinski definition) is 1. The fourth-order valence-corrected chi connectivity index (χ4v) is 2.55. The molecule has 1 heterocycles. The van der Waals surface area contributed by atoms with E-state index in [9.17, 15) is 0 Å². The molecule has 2 N–H and O–H groups in total. The molecule has 4 nitrogen and oxygen atoms in total. The average molecular weight is 271 g/mol. The molecule has 100 valence electrons. The van der Waals surface area contributed by atoms with Gasteiger partial charge in [-0.05, 0) is 12.8 Å². The fraction of sp³-hybridized carbons (Fsp3) is 0.538. The molecule has 0 aromatic heterocycles. The number of rotatable bonds is 3. The molecule has 5 heteroatoms. The van der Waals surface area contributed by atoms with Gasteiger partial charge in [-0.2, -0.15) is 0 Å². The quantitative estimate of drug-likeness (QED) is 0.915. The van der Waals surface area contributed by atoms with Gasteiger partial charge in [0.2, 0.25) is 0 Å². The van der Waals surface area contributed by atoms with Crippen molar-refractivity contribution in [1.29, 1.82) is 0 Å². The molecule has 1 saturated heterocycles. The maximum absolute atomic E-state index is 6.10. The Morgan fingerprint density at radius 2 is 2.00 bits per heavy atom. The van der Waals surface area contributed by atoms with Gasteiger partial charge in [-0.25, -0.2) is 0 Å². The zero-order valence-electron chi connectivity index (χ0n) is 10.8. The summed E-state index contributed by atoms with van der Waals surface area (Å²) >= 11 is 6.10. The first-order chi connectivity index (χ1) is 8.65. The predicted octanol–water partition coefficient (Wildman–Crippen LogP) is 2.28. The minimum atomic E-state index is 0.213. The number of methoxy groups -OCH3 is 2. The molecule has 1 atom stereocenters. The van der Waals surface area contributed by atoms with E-state index < -0.39 is 0 Å². The van der Waals surface area contributed by atoms with Gasteiger partial charge in [0.1, 0.15) is 11.5 Å². The lowest BCUT2D eigenvalue weighted by atomic mass is 10.1. The number of halogens is 1. The molecule has 0 aliphatic carbocycles. The molecule has 1 aliphatic rings. The van der Waals surface area contributed by atoms with Crippen LogP contribution in [-0.4, -0.2) is 33.4 Å². The summed E-state index contributed by atoms with van der Waals surface area (Å²) in [5, 5.41) is 0.555. The van der Waals surface area contributed by atoms with Gasteiger partial charge in [-0.15, -0.1) is 0 Å². The SMILES string of the molecule is COc1cc(N2CCCC(N)C2)c(OC)cc1Cl. The van der Waals surface area contributed by atoms with Gasteiger partial charge >= 0.3 is 0 Å². The van der Waals surface area contributed by atoms with Crippen LogP contribution in [0.2, 0.25) is 5.02 Å². The van der Waals surface area contributed by atoms with E-state index >= 15 is 0 Å². The Morgan fingerprint density at radius 3 is 2.61 bits per heavy atom. The number of ether oxygens (including phenoxy) is 2. The normalized spacial score (nSPS) is 19.8. The summed E-state index contributed by atoms with van der Waals surface area (Å²) in [6.45, 7) is 1.82. The van der Waals surface area contributed by atoms with Crippen molar-refractivity contribution in [1.82, 2.24) is 0 Å². The van der Waals surface area contributed by atoms with E-state index in [4.69, 9.17) is 26.8 Å². The van der Waals surface area contributed by atoms with Crippen LogP contribution in [0.4, 0.5) is 5.69 Å². The van der Waals surface area contributed by atoms with E-state index in [0.29, 0.717) is 10.8 Å². The van der Waals surface area contributed by atoms with E-state index in [0.717, 1.165) is 37.4 Å². The number of benzene rings is 1. The Morgan fingerprint density at radius 1 is 1.28 bits per heavy atom. The molecule has 1 aromatic rings. The van der Waals surface area contributed by atoms with Crippen molar-refractivity contribution < 1.29 is 9.47 Å². The minimum Gasteiger partial charge on any atom is -0.495 e. The molecule has 1 unspecified atom stereocenters. The summed E-state index contributed by atoms with van der Waals surface area (Å²) in [7, 11) is 3.25. The molecule has 18 heavy (non-hydrogen) atoms. The number of nitrogens with two attached hydrogens (primary N) is 1. The zero-order valence-corrected chi connectivity index (χ0v) is 11.5. The smallest absolute Gasteiger partial charge is 0.143 e. The van der Waals surface area contributed by atoms with Crippen LogP contribution in [0.5, 0.6) is 11.5 Å². The second kappa shape index (κ2) is 5.67. The first kappa shape index (κ1) is 13.3. The molecule has 1 aromatic carbocycles. The third kappa shape index (κ3) is 2.65. The third-order valence-electron chi connectivity index (χ3n) is 3.25. The fourth-order valence-electron chi connectivity index (χ4n) is 2.32. The lowest BCUT2D eigenvalue weighted by Crippen LogP contribution is -2.42. The van der Waals surface area contributed by atoms with Crippen LogP contribution in [0, 0.1) is 0 Å². The molecule has 0 spiro atoms. The monoisotopic (exact) mass is 270 g/mol. The second-order valence-electron chi connectivity index (χ2n) is 4.51. The molecular formula is C13H19ClN2O2. The third-order valence-corrected chi connectivity index (χ3v) is 3.55. The summed E-state index contributed by atoms with van der Waals surface area (Å²) in [5.41, 5.74) is 7.01. The van der Waals surface area contributed by atoms with Crippen molar-refractivity contribution >= 4 is 17.3 Å². The number of piperidine rings is 1. The Balaban J connectivity index is 2.35. The van der Waals surface area contributed by atoms with E-state index in [1.807, 2.05) is 6.07 Å². The topological polar surface area (TPSA) is 47.7 Å². The predicted molar refractivity (Wildman–Crippen MR) is 74.0 cm³/mol. The average Bonchev–Trinajstić information content (AvgIpc) is 2.38. The zero-order chi connectivity index (χ0) is 13.1. The van der Waals surface area contributed by atoms with Crippen molar-refractivity contribution in [2.45, 2.75) is 18.9 Å². The summed E-state index contributed by atoms with van der Waals surface area (Å²) in [6.07, 6.45) is 2.17. The summed E-state index contributed by atoms with van der Waals surface area (Å²) in [4.78, 5) is 2.23. The van der Waals surface area contributed by atoms with Gasteiger partial charge in [0.15, 0.2) is 0 Å². The van der Waals surface area contributed by atoms with Crippen LogP contribution >= 0.6 is 11.6 Å². The maximum Gasteiger partial charge on any atom is 0.143 e. The minimum absolute atomic E-state index is 0.213. The van der Waals surface area contributed by atoms with Crippen molar-refractivity contribution in [3.8, 4) is 11.5 Å². The molecular weight excluding hydrogens is 252 g/mol. The van der Waals surface area contributed by atoms with Crippen molar-refractivity contribution in [2.24, 2.45) is 5.73 Å². The molecule has 1 fully saturated rings. The van der Waals surface area contributed by atoms with E-state index in [1.165, 1.54) is 0 Å². The van der Waals surface area contributed by atoms with Crippen LogP contribution in [0.3, 0.4) is 0 Å². The van der Waals surface area contributed by atoms with Gasteiger partial charge in [0, 0.05) is 31.3 Å². The molecule has 0 bridgehead atoms. The molecule has 0 radical (unpaired) electrons. The summed E-state index contributed by atoms with van der Waals surface area (Å²) in [5.74, 6) is 1.42. The number of hydrogen-bond acceptors (Lipinski definition) is 4. The molecule has 0 saturated carbocycles. The first-order valence-electron chi connectivity index (χ1n) is 6.07. The van der Waals surface area contributed by atoms with Gasteiger partial charge in [0.25, 0.3) is 0 Å². The van der Waals surface area contributed by atoms with Crippen LogP contribution in [-0.2, 0) is 0 Å². The molecule has 0 amide bonds.